The molecule has 0 aliphatic rings. The van der Waals surface area contributed by atoms with Crippen LogP contribution < -0.4 is 0 Å². The molecule has 0 spiro atoms. The summed E-state index contributed by atoms with van der Waals surface area (Å²) in [6.45, 7) is 0. The largest absolute Gasteiger partial charge is 0.478 e. The van der Waals surface area contributed by atoms with Gasteiger partial charge in [0.2, 0.25) is 0 Å². The van der Waals surface area contributed by atoms with Crippen LogP contribution in [0.25, 0.3) is 0 Å². The Morgan fingerprint density at radius 3 is 1.71 bits per heavy atom. The zero-order valence-electron chi connectivity index (χ0n) is 11.3. The van der Waals surface area contributed by atoms with Gasteiger partial charge in [-0.15, -0.1) is 0 Å². The zero-order chi connectivity index (χ0) is 18.6. The summed E-state index contributed by atoms with van der Waals surface area (Å²) in [5.74, 6) is -2.34. The quantitative estimate of drug-likeness (QED) is 0.500. The number of carbonyl (C=O) groups is 2. The molecular formula is C14H6Cl6O4. The van der Waals surface area contributed by atoms with Gasteiger partial charge in [0.05, 0.1) is 36.2 Å². The van der Waals surface area contributed by atoms with E-state index in [-0.39, 0.29) is 41.3 Å². The molecule has 24 heavy (non-hydrogen) atoms. The predicted octanol–water partition coefficient (Wildman–Crippen LogP) is 6.69. The van der Waals surface area contributed by atoms with Gasteiger partial charge in [0, 0.05) is 5.02 Å². The first kappa shape index (κ1) is 21.2. The van der Waals surface area contributed by atoms with E-state index >= 15 is 0 Å². The van der Waals surface area contributed by atoms with Crippen molar-refractivity contribution in [3.63, 3.8) is 0 Å². The van der Waals surface area contributed by atoms with E-state index < -0.39 is 11.9 Å². The Hall–Kier alpha value is -0.880. The molecule has 0 heterocycles. The van der Waals surface area contributed by atoms with Crippen LogP contribution in [0.1, 0.15) is 20.7 Å². The molecule has 128 valence electrons. The molecule has 2 rings (SSSR count). The highest BCUT2D eigenvalue weighted by atomic mass is 35.5. The molecule has 2 aromatic carbocycles. The average molecular weight is 451 g/mol. The van der Waals surface area contributed by atoms with Crippen molar-refractivity contribution < 1.29 is 19.8 Å². The summed E-state index contributed by atoms with van der Waals surface area (Å²) in [6.07, 6.45) is 0. The van der Waals surface area contributed by atoms with Gasteiger partial charge in [0.1, 0.15) is 0 Å². The Labute approximate surface area is 166 Å². The summed E-state index contributed by atoms with van der Waals surface area (Å²) in [5, 5.41) is 17.9. The number of hydrogen-bond donors (Lipinski definition) is 2. The van der Waals surface area contributed by atoms with Gasteiger partial charge in [-0.25, -0.2) is 9.59 Å². The van der Waals surface area contributed by atoms with E-state index in [4.69, 9.17) is 79.8 Å². The van der Waals surface area contributed by atoms with E-state index in [1.807, 2.05) is 0 Å². The first-order chi connectivity index (χ1) is 11.1. The van der Waals surface area contributed by atoms with E-state index in [1.165, 1.54) is 24.3 Å². The number of carboxylic acids is 2. The summed E-state index contributed by atoms with van der Waals surface area (Å²) in [4.78, 5) is 21.1. The Morgan fingerprint density at radius 2 is 1.25 bits per heavy atom. The molecular weight excluding hydrogens is 445 g/mol. The third-order valence-electron chi connectivity index (χ3n) is 2.48. The molecule has 0 radical (unpaired) electrons. The number of hydrogen-bond acceptors (Lipinski definition) is 2. The second-order valence-corrected chi connectivity index (χ2v) is 6.49. The SMILES string of the molecule is O=C(O)c1c(Cl)ccc(Cl)c1Cl.O=C(O)c1cc(Cl)cc(Cl)c1Cl. The molecule has 4 nitrogen and oxygen atoms in total. The summed E-state index contributed by atoms with van der Waals surface area (Å²) in [5.41, 5.74) is -0.250. The van der Waals surface area contributed by atoms with Gasteiger partial charge in [-0.3, -0.25) is 0 Å². The minimum Gasteiger partial charge on any atom is -0.478 e. The van der Waals surface area contributed by atoms with Gasteiger partial charge < -0.3 is 10.2 Å². The Bertz CT molecular complexity index is 806. The Morgan fingerprint density at radius 1 is 0.708 bits per heavy atom. The molecule has 0 bridgehead atoms. The number of rotatable bonds is 2. The maximum absolute atomic E-state index is 10.6. The number of aromatic carboxylic acids is 2. The van der Waals surface area contributed by atoms with Crippen LogP contribution in [-0.2, 0) is 0 Å². The summed E-state index contributed by atoms with van der Waals surface area (Å²) >= 11 is 33.5. The van der Waals surface area contributed by atoms with Crippen LogP contribution in [0.15, 0.2) is 24.3 Å². The van der Waals surface area contributed by atoms with E-state index in [2.05, 4.69) is 0 Å². The lowest BCUT2D eigenvalue weighted by atomic mass is 10.2. The van der Waals surface area contributed by atoms with Crippen molar-refractivity contribution in [3.05, 3.63) is 65.5 Å². The van der Waals surface area contributed by atoms with Crippen LogP contribution in [0.3, 0.4) is 0 Å². The predicted molar refractivity (Wildman–Crippen MR) is 96.9 cm³/mol. The van der Waals surface area contributed by atoms with Gasteiger partial charge in [0.25, 0.3) is 0 Å². The van der Waals surface area contributed by atoms with Crippen molar-refractivity contribution in [2.45, 2.75) is 0 Å². The standard InChI is InChI=1S/2C7H3Cl3O2/c8-3-1-4(7(11)12)6(10)5(9)2-3;8-3-1-2-4(9)6(10)5(3)7(11)12/h2*1-2H,(H,11,12). The second-order valence-electron chi connectivity index (χ2n) is 4.08. The van der Waals surface area contributed by atoms with Crippen LogP contribution in [0.5, 0.6) is 0 Å². The molecule has 0 aliphatic carbocycles. The van der Waals surface area contributed by atoms with Crippen LogP contribution in [0, 0.1) is 0 Å². The zero-order valence-corrected chi connectivity index (χ0v) is 15.8. The van der Waals surface area contributed by atoms with Crippen molar-refractivity contribution in [3.8, 4) is 0 Å². The number of carboxylic acid groups (broad SMARTS) is 2. The molecule has 0 saturated carbocycles. The fraction of sp³-hybridized carbons (Fsp3) is 0. The Kier molecular flexibility index (Phi) is 7.93. The van der Waals surface area contributed by atoms with Crippen LogP contribution in [0.2, 0.25) is 30.1 Å². The van der Waals surface area contributed by atoms with Gasteiger partial charge in [-0.05, 0) is 24.3 Å². The molecule has 2 aromatic rings. The number of halogens is 6. The fourth-order valence-electron chi connectivity index (χ4n) is 1.43. The normalized spacial score (nSPS) is 9.92. The maximum Gasteiger partial charge on any atom is 0.338 e. The van der Waals surface area contributed by atoms with Gasteiger partial charge in [0.15, 0.2) is 0 Å². The monoisotopic (exact) mass is 448 g/mol. The molecule has 0 aromatic heterocycles. The average Bonchev–Trinajstić information content (AvgIpc) is 2.47. The second kappa shape index (κ2) is 8.99. The van der Waals surface area contributed by atoms with Crippen LogP contribution in [-0.4, -0.2) is 22.2 Å². The molecule has 0 aliphatic heterocycles. The van der Waals surface area contributed by atoms with E-state index in [1.54, 1.807) is 0 Å². The van der Waals surface area contributed by atoms with E-state index in [9.17, 15) is 9.59 Å². The molecule has 2 N–H and O–H groups in total. The van der Waals surface area contributed by atoms with Crippen molar-refractivity contribution in [1.29, 1.82) is 0 Å². The van der Waals surface area contributed by atoms with Gasteiger partial charge in [-0.2, -0.15) is 0 Å². The minimum atomic E-state index is -1.19. The van der Waals surface area contributed by atoms with Crippen molar-refractivity contribution in [1.82, 2.24) is 0 Å². The third-order valence-corrected chi connectivity index (χ3v) is 4.62. The molecule has 0 amide bonds. The lowest BCUT2D eigenvalue weighted by molar-refractivity contribution is 0.0686. The van der Waals surface area contributed by atoms with Gasteiger partial charge >= 0.3 is 11.9 Å². The third kappa shape index (κ3) is 5.31. The first-order valence-corrected chi connectivity index (χ1v) is 8.07. The van der Waals surface area contributed by atoms with Gasteiger partial charge in [-0.1, -0.05) is 69.6 Å². The highest BCUT2D eigenvalue weighted by Crippen LogP contribution is 2.31. The highest BCUT2D eigenvalue weighted by Gasteiger charge is 2.15. The van der Waals surface area contributed by atoms with Crippen molar-refractivity contribution in [2.75, 3.05) is 0 Å². The summed E-state index contributed by atoms with van der Waals surface area (Å²) in [6, 6.07) is 5.47. The van der Waals surface area contributed by atoms with Crippen LogP contribution >= 0.6 is 69.6 Å². The molecule has 0 saturated heterocycles. The van der Waals surface area contributed by atoms with Crippen molar-refractivity contribution in [2.24, 2.45) is 0 Å². The molecule has 0 atom stereocenters. The summed E-state index contributed by atoms with van der Waals surface area (Å²) < 4.78 is 0. The Balaban J connectivity index is 0.000000240. The lowest BCUT2D eigenvalue weighted by Gasteiger charge is -2.02. The van der Waals surface area contributed by atoms with E-state index in [0.717, 1.165) is 0 Å². The van der Waals surface area contributed by atoms with E-state index in [0.29, 0.717) is 0 Å². The van der Waals surface area contributed by atoms with Crippen molar-refractivity contribution >= 4 is 81.5 Å². The number of benzene rings is 2. The minimum absolute atomic E-state index is 0.00793. The topological polar surface area (TPSA) is 74.6 Å². The lowest BCUT2D eigenvalue weighted by Crippen LogP contribution is -1.98. The fourth-order valence-corrected chi connectivity index (χ4v) is 2.81. The molecule has 0 unspecified atom stereocenters. The first-order valence-electron chi connectivity index (χ1n) is 5.80. The summed E-state index contributed by atoms with van der Waals surface area (Å²) in [7, 11) is 0. The molecule has 10 heteroatoms. The van der Waals surface area contributed by atoms with Crippen LogP contribution in [0.4, 0.5) is 0 Å². The molecule has 0 fully saturated rings. The highest BCUT2D eigenvalue weighted by molar-refractivity contribution is 6.46. The maximum atomic E-state index is 10.6. The smallest absolute Gasteiger partial charge is 0.338 e.